The predicted molar refractivity (Wildman–Crippen MR) is 68.8 cm³/mol. The number of carbonyl (C=O) groups is 1. The molecule has 0 radical (unpaired) electrons. The van der Waals surface area contributed by atoms with E-state index in [1.165, 1.54) is 6.07 Å². The SMILES string of the molecule is CC(C)NC(=O)N1CC(Cc2ccccc2F)C1. The predicted octanol–water partition coefficient (Wildman–Crippen LogP) is 2.42. The third kappa shape index (κ3) is 3.00. The lowest BCUT2D eigenvalue weighted by Crippen LogP contribution is -2.55. The van der Waals surface area contributed by atoms with Crippen LogP contribution in [0.25, 0.3) is 0 Å². The largest absolute Gasteiger partial charge is 0.336 e. The minimum Gasteiger partial charge on any atom is -0.336 e. The Balaban J connectivity index is 1.80. The number of halogens is 1. The van der Waals surface area contributed by atoms with Crippen molar-refractivity contribution in [2.24, 2.45) is 5.92 Å². The van der Waals surface area contributed by atoms with E-state index in [0.29, 0.717) is 25.4 Å². The molecule has 1 aliphatic rings. The van der Waals surface area contributed by atoms with Crippen LogP contribution in [0.1, 0.15) is 19.4 Å². The number of rotatable bonds is 3. The van der Waals surface area contributed by atoms with Gasteiger partial charge in [0.1, 0.15) is 5.82 Å². The topological polar surface area (TPSA) is 32.3 Å². The first kappa shape index (κ1) is 12.9. The van der Waals surface area contributed by atoms with Crippen LogP contribution < -0.4 is 5.32 Å². The van der Waals surface area contributed by atoms with E-state index in [1.54, 1.807) is 11.0 Å². The Labute approximate surface area is 107 Å². The average molecular weight is 250 g/mol. The van der Waals surface area contributed by atoms with Crippen molar-refractivity contribution in [1.29, 1.82) is 0 Å². The molecule has 0 atom stereocenters. The molecule has 2 rings (SSSR count). The molecule has 1 aliphatic heterocycles. The summed E-state index contributed by atoms with van der Waals surface area (Å²) in [6.45, 7) is 5.31. The smallest absolute Gasteiger partial charge is 0.317 e. The van der Waals surface area contributed by atoms with Crippen molar-refractivity contribution in [3.05, 3.63) is 35.6 Å². The first-order chi connectivity index (χ1) is 8.56. The molecule has 1 aromatic rings. The van der Waals surface area contributed by atoms with Gasteiger partial charge in [0.25, 0.3) is 0 Å². The van der Waals surface area contributed by atoms with Crippen LogP contribution >= 0.6 is 0 Å². The van der Waals surface area contributed by atoms with Crippen LogP contribution in [0.5, 0.6) is 0 Å². The lowest BCUT2D eigenvalue weighted by Gasteiger charge is -2.39. The summed E-state index contributed by atoms with van der Waals surface area (Å²) in [4.78, 5) is 13.4. The van der Waals surface area contributed by atoms with Gasteiger partial charge in [-0.2, -0.15) is 0 Å². The van der Waals surface area contributed by atoms with Gasteiger partial charge >= 0.3 is 6.03 Å². The second-order valence-electron chi connectivity index (χ2n) is 5.17. The van der Waals surface area contributed by atoms with Crippen LogP contribution in [0, 0.1) is 11.7 Å². The summed E-state index contributed by atoms with van der Waals surface area (Å²) in [5.74, 6) is 0.224. The van der Waals surface area contributed by atoms with Gasteiger partial charge in [0.15, 0.2) is 0 Å². The number of likely N-dealkylation sites (tertiary alicyclic amines) is 1. The van der Waals surface area contributed by atoms with E-state index in [9.17, 15) is 9.18 Å². The molecule has 0 unspecified atom stereocenters. The standard InChI is InChI=1S/C14H19FN2O/c1-10(2)16-14(18)17-8-11(9-17)7-12-5-3-4-6-13(12)15/h3-6,10-11H,7-9H2,1-2H3,(H,16,18). The zero-order valence-electron chi connectivity index (χ0n) is 10.8. The fourth-order valence-corrected chi connectivity index (χ4v) is 2.18. The third-order valence-electron chi connectivity index (χ3n) is 3.12. The first-order valence-corrected chi connectivity index (χ1v) is 6.35. The summed E-state index contributed by atoms with van der Waals surface area (Å²) < 4.78 is 13.4. The number of benzene rings is 1. The zero-order chi connectivity index (χ0) is 13.1. The summed E-state index contributed by atoms with van der Waals surface area (Å²) in [6, 6.07) is 6.98. The van der Waals surface area contributed by atoms with Crippen molar-refractivity contribution in [2.45, 2.75) is 26.3 Å². The van der Waals surface area contributed by atoms with Crippen molar-refractivity contribution in [2.75, 3.05) is 13.1 Å². The molecular weight excluding hydrogens is 231 g/mol. The van der Waals surface area contributed by atoms with E-state index >= 15 is 0 Å². The first-order valence-electron chi connectivity index (χ1n) is 6.35. The Morgan fingerprint density at radius 3 is 2.72 bits per heavy atom. The van der Waals surface area contributed by atoms with Crippen LogP contribution in [0.2, 0.25) is 0 Å². The maximum absolute atomic E-state index is 13.4. The van der Waals surface area contributed by atoms with Gasteiger partial charge in [-0.3, -0.25) is 0 Å². The highest BCUT2D eigenvalue weighted by Crippen LogP contribution is 2.21. The van der Waals surface area contributed by atoms with Gasteiger partial charge in [-0.1, -0.05) is 18.2 Å². The van der Waals surface area contributed by atoms with Crippen LogP contribution in [0.15, 0.2) is 24.3 Å². The van der Waals surface area contributed by atoms with Crippen molar-refractivity contribution in [3.8, 4) is 0 Å². The Morgan fingerprint density at radius 1 is 1.44 bits per heavy atom. The van der Waals surface area contributed by atoms with Crippen LogP contribution in [-0.4, -0.2) is 30.1 Å². The molecule has 1 saturated heterocycles. The van der Waals surface area contributed by atoms with E-state index in [1.807, 2.05) is 26.0 Å². The molecule has 1 aromatic carbocycles. The zero-order valence-corrected chi connectivity index (χ0v) is 10.8. The van der Waals surface area contributed by atoms with Gasteiger partial charge in [-0.25, -0.2) is 9.18 Å². The van der Waals surface area contributed by atoms with Gasteiger partial charge in [-0.05, 0) is 37.8 Å². The number of nitrogens with zero attached hydrogens (tertiary/aromatic N) is 1. The molecule has 2 amide bonds. The molecule has 0 bridgehead atoms. The highest BCUT2D eigenvalue weighted by Gasteiger charge is 2.31. The van der Waals surface area contributed by atoms with Gasteiger partial charge in [0.2, 0.25) is 0 Å². The molecule has 1 N–H and O–H groups in total. The summed E-state index contributed by atoms with van der Waals surface area (Å²) >= 11 is 0. The molecule has 1 fully saturated rings. The highest BCUT2D eigenvalue weighted by atomic mass is 19.1. The lowest BCUT2D eigenvalue weighted by atomic mass is 9.92. The quantitative estimate of drug-likeness (QED) is 0.878. The van der Waals surface area contributed by atoms with Crippen molar-refractivity contribution in [1.82, 2.24) is 10.2 Å². The number of nitrogens with one attached hydrogen (secondary N) is 1. The molecule has 1 heterocycles. The Kier molecular flexibility index (Phi) is 3.84. The Morgan fingerprint density at radius 2 is 2.11 bits per heavy atom. The van der Waals surface area contributed by atoms with Gasteiger partial charge in [0, 0.05) is 19.1 Å². The van der Waals surface area contributed by atoms with Crippen molar-refractivity contribution in [3.63, 3.8) is 0 Å². The second kappa shape index (κ2) is 5.38. The fourth-order valence-electron chi connectivity index (χ4n) is 2.18. The van der Waals surface area contributed by atoms with E-state index in [0.717, 1.165) is 5.56 Å². The minimum atomic E-state index is -0.150. The van der Waals surface area contributed by atoms with E-state index in [4.69, 9.17) is 0 Å². The molecule has 18 heavy (non-hydrogen) atoms. The molecule has 4 heteroatoms. The summed E-state index contributed by atoms with van der Waals surface area (Å²) in [5.41, 5.74) is 0.742. The molecule has 0 spiro atoms. The number of urea groups is 1. The Bertz CT molecular complexity index is 428. The minimum absolute atomic E-state index is 0.0187. The van der Waals surface area contributed by atoms with Gasteiger partial charge in [-0.15, -0.1) is 0 Å². The van der Waals surface area contributed by atoms with E-state index in [-0.39, 0.29) is 17.9 Å². The van der Waals surface area contributed by atoms with Crippen LogP contribution in [0.4, 0.5) is 9.18 Å². The molecular formula is C14H19FN2O. The summed E-state index contributed by atoms with van der Waals surface area (Å²) in [6.07, 6.45) is 0.706. The average Bonchev–Trinajstić information content (AvgIpc) is 2.23. The lowest BCUT2D eigenvalue weighted by molar-refractivity contribution is 0.118. The molecule has 0 aromatic heterocycles. The van der Waals surface area contributed by atoms with E-state index in [2.05, 4.69) is 5.32 Å². The van der Waals surface area contributed by atoms with Crippen LogP contribution in [0.3, 0.4) is 0 Å². The van der Waals surface area contributed by atoms with Gasteiger partial charge in [0.05, 0.1) is 0 Å². The maximum atomic E-state index is 13.4. The molecule has 0 aliphatic carbocycles. The second-order valence-corrected chi connectivity index (χ2v) is 5.17. The number of amides is 2. The summed E-state index contributed by atoms with van der Waals surface area (Å²) in [5, 5.41) is 2.85. The summed E-state index contributed by atoms with van der Waals surface area (Å²) in [7, 11) is 0. The number of hydrogen-bond acceptors (Lipinski definition) is 1. The normalized spacial score (nSPS) is 15.7. The molecule has 0 saturated carbocycles. The van der Waals surface area contributed by atoms with Crippen LogP contribution in [-0.2, 0) is 6.42 Å². The van der Waals surface area contributed by atoms with E-state index < -0.39 is 0 Å². The number of hydrogen-bond donors (Lipinski definition) is 1. The fraction of sp³-hybridized carbons (Fsp3) is 0.500. The maximum Gasteiger partial charge on any atom is 0.317 e. The monoisotopic (exact) mass is 250 g/mol. The molecule has 98 valence electrons. The van der Waals surface area contributed by atoms with Crippen molar-refractivity contribution < 1.29 is 9.18 Å². The highest BCUT2D eigenvalue weighted by molar-refractivity contribution is 5.75. The number of carbonyl (C=O) groups excluding carboxylic acids is 1. The van der Waals surface area contributed by atoms with Gasteiger partial charge < -0.3 is 10.2 Å². The Hall–Kier alpha value is -1.58. The third-order valence-corrected chi connectivity index (χ3v) is 3.12. The van der Waals surface area contributed by atoms with Crippen molar-refractivity contribution >= 4 is 6.03 Å². The molecule has 3 nitrogen and oxygen atoms in total.